The molecular formula is C12H22O. The Bertz CT molecular complexity index is 209. The Kier molecular flexibility index (Phi) is 1.99. The van der Waals surface area contributed by atoms with Crippen LogP contribution in [0.1, 0.15) is 52.9 Å². The van der Waals surface area contributed by atoms with Gasteiger partial charge in [-0.15, -0.1) is 0 Å². The topological polar surface area (TPSA) is 20.2 Å². The summed E-state index contributed by atoms with van der Waals surface area (Å²) in [6.45, 7) is 7.07. The summed E-state index contributed by atoms with van der Waals surface area (Å²) in [5.41, 5.74) is 0.701. The quantitative estimate of drug-likeness (QED) is 0.610. The van der Waals surface area contributed by atoms with Crippen molar-refractivity contribution in [2.24, 2.45) is 16.7 Å². The summed E-state index contributed by atoms with van der Waals surface area (Å²) < 4.78 is 0. The zero-order chi connectivity index (χ0) is 9.69. The van der Waals surface area contributed by atoms with Gasteiger partial charge in [-0.25, -0.2) is 0 Å². The smallest absolute Gasteiger partial charge is 0.0596 e. The molecule has 2 aliphatic carbocycles. The molecule has 2 aliphatic rings. The molecule has 13 heavy (non-hydrogen) atoms. The Morgan fingerprint density at radius 2 is 1.77 bits per heavy atom. The van der Waals surface area contributed by atoms with Crippen LogP contribution in [0, 0.1) is 16.7 Å². The van der Waals surface area contributed by atoms with Gasteiger partial charge < -0.3 is 5.11 Å². The lowest BCUT2D eigenvalue weighted by Crippen LogP contribution is -2.43. The molecule has 0 aliphatic heterocycles. The van der Waals surface area contributed by atoms with Gasteiger partial charge in [-0.2, -0.15) is 0 Å². The van der Waals surface area contributed by atoms with Crippen LogP contribution >= 0.6 is 0 Å². The van der Waals surface area contributed by atoms with Gasteiger partial charge >= 0.3 is 0 Å². The molecule has 2 fully saturated rings. The Morgan fingerprint density at radius 1 is 1.08 bits per heavy atom. The first kappa shape index (κ1) is 9.51. The van der Waals surface area contributed by atoms with E-state index in [4.69, 9.17) is 0 Å². The number of hydrogen-bond acceptors (Lipinski definition) is 1. The highest BCUT2D eigenvalue weighted by Gasteiger charge is 2.53. The summed E-state index contributed by atoms with van der Waals surface area (Å²) in [4.78, 5) is 0. The van der Waals surface area contributed by atoms with Crippen molar-refractivity contribution in [3.05, 3.63) is 0 Å². The minimum absolute atomic E-state index is 0.0305. The lowest BCUT2D eigenvalue weighted by molar-refractivity contribution is -0.0400. The number of aliphatic hydroxyl groups excluding tert-OH is 1. The lowest BCUT2D eigenvalue weighted by Gasteiger charge is -2.48. The molecule has 3 atom stereocenters. The predicted molar refractivity (Wildman–Crippen MR) is 54.5 cm³/mol. The second-order valence-corrected chi connectivity index (χ2v) is 5.99. The lowest BCUT2D eigenvalue weighted by atomic mass is 9.57. The van der Waals surface area contributed by atoms with Crippen molar-refractivity contribution in [3.8, 4) is 0 Å². The number of hydrogen-bond donors (Lipinski definition) is 1. The molecule has 3 unspecified atom stereocenters. The number of rotatable bonds is 0. The van der Waals surface area contributed by atoms with Crippen LogP contribution in [0.25, 0.3) is 0 Å². The molecule has 0 aromatic heterocycles. The maximum absolute atomic E-state index is 10.0. The Labute approximate surface area is 81.5 Å². The van der Waals surface area contributed by atoms with Crippen molar-refractivity contribution < 1.29 is 5.11 Å². The summed E-state index contributed by atoms with van der Waals surface area (Å²) in [6.07, 6.45) is 6.13. The normalized spacial score (nSPS) is 48.9. The molecule has 0 radical (unpaired) electrons. The standard InChI is InChI=1S/C12H22O/c1-11(2)7-4-8-12(3)9(11)5-6-10(12)13/h9-10,13H,4-8H2,1-3H3. The first-order chi connectivity index (χ1) is 5.97. The van der Waals surface area contributed by atoms with Crippen molar-refractivity contribution in [2.45, 2.75) is 59.0 Å². The van der Waals surface area contributed by atoms with E-state index >= 15 is 0 Å². The summed E-state index contributed by atoms with van der Waals surface area (Å²) in [5, 5.41) is 10.0. The molecule has 0 amide bonds. The van der Waals surface area contributed by atoms with Crippen molar-refractivity contribution in [1.82, 2.24) is 0 Å². The van der Waals surface area contributed by atoms with E-state index in [1.807, 2.05) is 0 Å². The zero-order valence-electron chi connectivity index (χ0n) is 9.14. The van der Waals surface area contributed by atoms with E-state index in [1.54, 1.807) is 0 Å². The molecule has 0 aromatic carbocycles. The molecule has 2 saturated carbocycles. The minimum atomic E-state index is -0.0305. The SMILES string of the molecule is CC1(C)CCCC2(C)C(O)CCC12. The average molecular weight is 182 g/mol. The third-order valence-electron chi connectivity index (χ3n) is 4.77. The van der Waals surface area contributed by atoms with Crippen molar-refractivity contribution in [3.63, 3.8) is 0 Å². The third-order valence-corrected chi connectivity index (χ3v) is 4.77. The van der Waals surface area contributed by atoms with Crippen LogP contribution in [0.4, 0.5) is 0 Å². The van der Waals surface area contributed by atoms with Crippen molar-refractivity contribution in [2.75, 3.05) is 0 Å². The van der Waals surface area contributed by atoms with Gasteiger partial charge in [0, 0.05) is 0 Å². The van der Waals surface area contributed by atoms with E-state index in [9.17, 15) is 5.11 Å². The van der Waals surface area contributed by atoms with E-state index < -0.39 is 0 Å². The molecule has 76 valence electrons. The number of aliphatic hydroxyl groups is 1. The largest absolute Gasteiger partial charge is 0.393 e. The molecule has 1 nitrogen and oxygen atoms in total. The molecule has 1 N–H and O–H groups in total. The molecule has 1 heteroatoms. The highest BCUT2D eigenvalue weighted by Crippen LogP contribution is 2.59. The van der Waals surface area contributed by atoms with Crippen LogP contribution in [-0.4, -0.2) is 11.2 Å². The summed E-state index contributed by atoms with van der Waals surface area (Å²) in [6, 6.07) is 0. The van der Waals surface area contributed by atoms with Gasteiger partial charge in [-0.3, -0.25) is 0 Å². The monoisotopic (exact) mass is 182 g/mol. The van der Waals surface area contributed by atoms with Crippen LogP contribution < -0.4 is 0 Å². The molecule has 0 bridgehead atoms. The molecule has 0 saturated heterocycles. The van der Waals surface area contributed by atoms with Gasteiger partial charge in [0.1, 0.15) is 0 Å². The highest BCUT2D eigenvalue weighted by atomic mass is 16.3. The van der Waals surface area contributed by atoms with Crippen molar-refractivity contribution in [1.29, 1.82) is 0 Å². The fourth-order valence-electron chi connectivity index (χ4n) is 3.94. The second-order valence-electron chi connectivity index (χ2n) is 5.99. The average Bonchev–Trinajstić information content (AvgIpc) is 2.29. The highest BCUT2D eigenvalue weighted by molar-refractivity contribution is 5.03. The van der Waals surface area contributed by atoms with E-state index in [1.165, 1.54) is 25.7 Å². The van der Waals surface area contributed by atoms with Gasteiger partial charge in [-0.05, 0) is 42.4 Å². The minimum Gasteiger partial charge on any atom is -0.393 e. The van der Waals surface area contributed by atoms with Gasteiger partial charge in [0.2, 0.25) is 0 Å². The van der Waals surface area contributed by atoms with Gasteiger partial charge in [0.05, 0.1) is 6.10 Å². The Hall–Kier alpha value is -0.0400. The van der Waals surface area contributed by atoms with Crippen LogP contribution in [-0.2, 0) is 0 Å². The summed E-state index contributed by atoms with van der Waals surface area (Å²) in [7, 11) is 0. The van der Waals surface area contributed by atoms with Crippen molar-refractivity contribution >= 4 is 0 Å². The predicted octanol–water partition coefficient (Wildman–Crippen LogP) is 2.97. The fourth-order valence-corrected chi connectivity index (χ4v) is 3.94. The van der Waals surface area contributed by atoms with E-state index in [0.29, 0.717) is 5.41 Å². The van der Waals surface area contributed by atoms with Crippen LogP contribution in [0.15, 0.2) is 0 Å². The maximum Gasteiger partial charge on any atom is 0.0596 e. The first-order valence-electron chi connectivity index (χ1n) is 5.65. The Morgan fingerprint density at radius 3 is 2.38 bits per heavy atom. The number of fused-ring (bicyclic) bond motifs is 1. The maximum atomic E-state index is 10.0. The molecular weight excluding hydrogens is 160 g/mol. The van der Waals surface area contributed by atoms with E-state index in [0.717, 1.165) is 12.3 Å². The van der Waals surface area contributed by atoms with Gasteiger partial charge in [-0.1, -0.05) is 27.2 Å². The third kappa shape index (κ3) is 1.24. The van der Waals surface area contributed by atoms with Gasteiger partial charge in [0.15, 0.2) is 0 Å². The van der Waals surface area contributed by atoms with Crippen LogP contribution in [0.2, 0.25) is 0 Å². The Balaban J connectivity index is 2.28. The zero-order valence-corrected chi connectivity index (χ0v) is 9.14. The molecule has 2 rings (SSSR count). The summed E-state index contributed by atoms with van der Waals surface area (Å²) in [5.74, 6) is 0.753. The molecule has 0 spiro atoms. The first-order valence-corrected chi connectivity index (χ1v) is 5.65. The van der Waals surface area contributed by atoms with Crippen LogP contribution in [0.5, 0.6) is 0 Å². The molecule has 0 aromatic rings. The van der Waals surface area contributed by atoms with E-state index in [-0.39, 0.29) is 11.5 Å². The van der Waals surface area contributed by atoms with Crippen LogP contribution in [0.3, 0.4) is 0 Å². The fraction of sp³-hybridized carbons (Fsp3) is 1.00. The second kappa shape index (κ2) is 2.73. The van der Waals surface area contributed by atoms with Gasteiger partial charge in [0.25, 0.3) is 0 Å². The summed E-state index contributed by atoms with van der Waals surface area (Å²) >= 11 is 0. The van der Waals surface area contributed by atoms with E-state index in [2.05, 4.69) is 20.8 Å². The molecule has 0 heterocycles.